The van der Waals surface area contributed by atoms with E-state index in [0.29, 0.717) is 11.5 Å². The number of ether oxygens (including phenoxy) is 1. The van der Waals surface area contributed by atoms with Crippen LogP contribution in [-0.2, 0) is 0 Å². The first kappa shape index (κ1) is 13.7. The topological polar surface area (TPSA) is 73.1 Å². The summed E-state index contributed by atoms with van der Waals surface area (Å²) in [5.41, 5.74) is 6.89. The minimum Gasteiger partial charge on any atom is -0.496 e. The predicted octanol–water partition coefficient (Wildman–Crippen LogP) is 2.63. The van der Waals surface area contributed by atoms with Crippen LogP contribution in [0.2, 0.25) is 0 Å². The lowest BCUT2D eigenvalue weighted by Crippen LogP contribution is -2.14. The van der Waals surface area contributed by atoms with Crippen LogP contribution in [0.3, 0.4) is 0 Å². The second-order valence-electron chi connectivity index (χ2n) is 3.59. The van der Waals surface area contributed by atoms with Crippen LogP contribution in [0.1, 0.15) is 5.69 Å². The molecule has 0 aliphatic carbocycles. The average Bonchev–Trinajstić information content (AvgIpc) is 2.39. The van der Waals surface area contributed by atoms with Crippen molar-refractivity contribution >= 4 is 44.6 Å². The van der Waals surface area contributed by atoms with Gasteiger partial charge in [-0.25, -0.2) is 9.97 Å². The molecule has 0 bridgehead atoms. The lowest BCUT2D eigenvalue weighted by atomic mass is 10.3. The van der Waals surface area contributed by atoms with Crippen molar-refractivity contribution in [3.63, 3.8) is 0 Å². The monoisotopic (exact) mass is 338 g/mol. The van der Waals surface area contributed by atoms with E-state index in [9.17, 15) is 0 Å². The third kappa shape index (κ3) is 3.18. The number of aromatic nitrogens is 2. The van der Waals surface area contributed by atoms with Gasteiger partial charge in [0.05, 0.1) is 11.6 Å². The molecular weight excluding hydrogens is 328 g/mol. The van der Waals surface area contributed by atoms with Crippen molar-refractivity contribution in [1.29, 1.82) is 0 Å². The summed E-state index contributed by atoms with van der Waals surface area (Å²) in [6, 6.07) is 5.57. The number of nitrogens with zero attached hydrogens (tertiary/aromatic N) is 2. The molecule has 3 N–H and O–H groups in total. The zero-order chi connectivity index (χ0) is 13.8. The summed E-state index contributed by atoms with van der Waals surface area (Å²) in [5.74, 6) is 1.27. The first-order valence-corrected chi connectivity index (χ1v) is 6.53. The molecule has 0 aliphatic heterocycles. The number of thiocarbonyl (C=S) groups is 1. The molecule has 0 aliphatic rings. The summed E-state index contributed by atoms with van der Waals surface area (Å²) in [7, 11) is 1.61. The number of hydrogen-bond donors (Lipinski definition) is 2. The van der Waals surface area contributed by atoms with E-state index >= 15 is 0 Å². The Kier molecular flexibility index (Phi) is 4.28. The molecule has 7 heteroatoms. The minimum absolute atomic E-state index is 0.197. The van der Waals surface area contributed by atoms with Crippen molar-refractivity contribution in [3.05, 3.63) is 40.8 Å². The van der Waals surface area contributed by atoms with Crippen molar-refractivity contribution in [2.75, 3.05) is 12.4 Å². The Morgan fingerprint density at radius 1 is 1.37 bits per heavy atom. The van der Waals surface area contributed by atoms with E-state index in [1.54, 1.807) is 19.5 Å². The van der Waals surface area contributed by atoms with Gasteiger partial charge in [0.2, 0.25) is 0 Å². The molecule has 0 saturated carbocycles. The molecule has 0 unspecified atom stereocenters. The summed E-state index contributed by atoms with van der Waals surface area (Å²) in [6.45, 7) is 0. The smallest absolute Gasteiger partial charge is 0.159 e. The normalized spacial score (nSPS) is 10.0. The highest BCUT2D eigenvalue weighted by Gasteiger charge is 2.09. The molecule has 2 rings (SSSR count). The molecule has 98 valence electrons. The lowest BCUT2D eigenvalue weighted by Gasteiger charge is -2.10. The second kappa shape index (κ2) is 5.94. The van der Waals surface area contributed by atoms with Crippen LogP contribution >= 0.6 is 28.1 Å². The van der Waals surface area contributed by atoms with Crippen LogP contribution in [0.25, 0.3) is 0 Å². The fourth-order valence-corrected chi connectivity index (χ4v) is 2.18. The fraction of sp³-hybridized carbons (Fsp3) is 0.0833. The van der Waals surface area contributed by atoms with Crippen molar-refractivity contribution in [1.82, 2.24) is 9.97 Å². The summed E-state index contributed by atoms with van der Waals surface area (Å²) in [6.07, 6.45) is 3.12. The Morgan fingerprint density at radius 3 is 2.74 bits per heavy atom. The number of anilines is 2. The van der Waals surface area contributed by atoms with E-state index < -0.39 is 0 Å². The number of hydrogen-bond acceptors (Lipinski definition) is 5. The zero-order valence-corrected chi connectivity index (χ0v) is 12.5. The van der Waals surface area contributed by atoms with Crippen LogP contribution in [0.4, 0.5) is 11.5 Å². The molecule has 0 radical (unpaired) electrons. The SMILES string of the molecule is COc1ccc(Nc2nccnc2C(N)=S)cc1Br. The quantitative estimate of drug-likeness (QED) is 0.835. The molecular formula is C12H11BrN4OS. The first-order chi connectivity index (χ1) is 9.11. The number of rotatable bonds is 4. The molecule has 0 atom stereocenters. The van der Waals surface area contributed by atoms with Gasteiger partial charge in [0.25, 0.3) is 0 Å². The average molecular weight is 339 g/mol. The van der Waals surface area contributed by atoms with Crippen molar-refractivity contribution < 1.29 is 4.74 Å². The van der Waals surface area contributed by atoms with Crippen LogP contribution in [-0.4, -0.2) is 22.1 Å². The summed E-state index contributed by atoms with van der Waals surface area (Å²) >= 11 is 8.35. The molecule has 1 aromatic heterocycles. The van der Waals surface area contributed by atoms with E-state index in [4.69, 9.17) is 22.7 Å². The maximum absolute atomic E-state index is 5.60. The predicted molar refractivity (Wildman–Crippen MR) is 81.9 cm³/mol. The Morgan fingerprint density at radius 2 is 2.11 bits per heavy atom. The van der Waals surface area contributed by atoms with Gasteiger partial charge in [-0.1, -0.05) is 12.2 Å². The molecule has 0 amide bonds. The molecule has 0 spiro atoms. The van der Waals surface area contributed by atoms with Crippen LogP contribution in [0.15, 0.2) is 35.1 Å². The number of methoxy groups -OCH3 is 1. The fourth-order valence-electron chi connectivity index (χ4n) is 1.49. The Balaban J connectivity index is 2.31. The van der Waals surface area contributed by atoms with E-state index in [2.05, 4.69) is 31.2 Å². The van der Waals surface area contributed by atoms with Gasteiger partial charge in [-0.05, 0) is 34.1 Å². The molecule has 0 fully saturated rings. The first-order valence-electron chi connectivity index (χ1n) is 5.33. The van der Waals surface area contributed by atoms with E-state index in [1.165, 1.54) is 0 Å². The van der Waals surface area contributed by atoms with E-state index in [1.807, 2.05) is 18.2 Å². The zero-order valence-electron chi connectivity index (χ0n) is 10.1. The molecule has 5 nitrogen and oxygen atoms in total. The van der Waals surface area contributed by atoms with Gasteiger partial charge >= 0.3 is 0 Å². The molecule has 1 aromatic carbocycles. The standard InChI is InChI=1S/C12H11BrN4OS/c1-18-9-3-2-7(6-8(9)13)17-12-10(11(14)19)15-4-5-16-12/h2-6H,1H3,(H2,14,19)(H,16,17). The van der Waals surface area contributed by atoms with E-state index in [0.717, 1.165) is 15.9 Å². The minimum atomic E-state index is 0.197. The largest absolute Gasteiger partial charge is 0.496 e. The van der Waals surface area contributed by atoms with Crippen LogP contribution < -0.4 is 15.8 Å². The Bertz CT molecular complexity index is 620. The third-order valence-electron chi connectivity index (χ3n) is 2.35. The van der Waals surface area contributed by atoms with Crippen LogP contribution in [0.5, 0.6) is 5.75 Å². The number of benzene rings is 1. The van der Waals surface area contributed by atoms with Gasteiger partial charge in [0.1, 0.15) is 16.4 Å². The molecule has 2 aromatic rings. The molecule has 0 saturated heterocycles. The van der Waals surface area contributed by atoms with Gasteiger partial charge < -0.3 is 15.8 Å². The summed E-state index contributed by atoms with van der Waals surface area (Å²) < 4.78 is 6.00. The van der Waals surface area contributed by atoms with Gasteiger partial charge in [0.15, 0.2) is 5.82 Å². The number of halogens is 1. The van der Waals surface area contributed by atoms with Gasteiger partial charge in [-0.2, -0.15) is 0 Å². The van der Waals surface area contributed by atoms with E-state index in [-0.39, 0.29) is 4.99 Å². The van der Waals surface area contributed by atoms with Crippen molar-refractivity contribution in [2.24, 2.45) is 5.73 Å². The highest BCUT2D eigenvalue weighted by atomic mass is 79.9. The lowest BCUT2D eigenvalue weighted by molar-refractivity contribution is 0.412. The molecule has 19 heavy (non-hydrogen) atoms. The Labute approximate surface area is 124 Å². The number of nitrogens with two attached hydrogens (primary N) is 1. The van der Waals surface area contributed by atoms with Crippen molar-refractivity contribution in [3.8, 4) is 5.75 Å². The van der Waals surface area contributed by atoms with Gasteiger partial charge in [0, 0.05) is 18.1 Å². The van der Waals surface area contributed by atoms with Crippen molar-refractivity contribution in [2.45, 2.75) is 0 Å². The number of nitrogens with one attached hydrogen (secondary N) is 1. The highest BCUT2D eigenvalue weighted by molar-refractivity contribution is 9.10. The highest BCUT2D eigenvalue weighted by Crippen LogP contribution is 2.29. The second-order valence-corrected chi connectivity index (χ2v) is 4.89. The maximum atomic E-state index is 5.60. The summed E-state index contributed by atoms with van der Waals surface area (Å²) in [4.78, 5) is 8.48. The van der Waals surface area contributed by atoms with Crippen LogP contribution in [0, 0.1) is 0 Å². The summed E-state index contributed by atoms with van der Waals surface area (Å²) in [5, 5.41) is 3.12. The molecule has 1 heterocycles. The third-order valence-corrected chi connectivity index (χ3v) is 3.16. The van der Waals surface area contributed by atoms with Gasteiger partial charge in [-0.15, -0.1) is 0 Å². The van der Waals surface area contributed by atoms with Gasteiger partial charge in [-0.3, -0.25) is 0 Å². The Hall–Kier alpha value is -1.73. The maximum Gasteiger partial charge on any atom is 0.159 e.